The zero-order valence-corrected chi connectivity index (χ0v) is 10.5. The van der Waals surface area contributed by atoms with E-state index in [9.17, 15) is 0 Å². The molecule has 0 fully saturated rings. The second kappa shape index (κ2) is 4.59. The Morgan fingerprint density at radius 3 is 3.06 bits per heavy atom. The van der Waals surface area contributed by atoms with Gasteiger partial charge in [0, 0.05) is 6.61 Å². The molecule has 1 unspecified atom stereocenters. The van der Waals surface area contributed by atoms with Crippen LogP contribution >= 0.6 is 11.8 Å². The molecule has 1 heterocycles. The van der Waals surface area contributed by atoms with Crippen molar-refractivity contribution in [2.24, 2.45) is 0 Å². The highest BCUT2D eigenvalue weighted by atomic mass is 32.2. The van der Waals surface area contributed by atoms with Gasteiger partial charge in [-0.2, -0.15) is 0 Å². The normalized spacial score (nSPS) is 18.8. The Hall–Kier alpha value is -1.19. The fourth-order valence-electron chi connectivity index (χ4n) is 2.06. The highest BCUT2D eigenvalue weighted by molar-refractivity contribution is 7.99. The number of thioether (sulfide) groups is 1. The predicted molar refractivity (Wildman–Crippen MR) is 70.7 cm³/mol. The van der Waals surface area contributed by atoms with Crippen molar-refractivity contribution in [2.75, 3.05) is 12.4 Å². The van der Waals surface area contributed by atoms with E-state index in [-0.39, 0.29) is 6.29 Å². The Bertz CT molecular complexity index is 539. The van der Waals surface area contributed by atoms with E-state index in [4.69, 9.17) is 9.47 Å². The summed E-state index contributed by atoms with van der Waals surface area (Å²) in [6, 6.07) is 12.5. The smallest absolute Gasteiger partial charge is 0.209 e. The SMILES string of the molecule is CCOC1CSc2c(ccc3ccccc23)O1. The Morgan fingerprint density at radius 2 is 2.18 bits per heavy atom. The lowest BCUT2D eigenvalue weighted by molar-refractivity contribution is -0.0612. The van der Waals surface area contributed by atoms with Crippen LogP contribution in [0.5, 0.6) is 5.75 Å². The van der Waals surface area contributed by atoms with Crippen molar-refractivity contribution >= 4 is 22.5 Å². The molecule has 1 aliphatic heterocycles. The van der Waals surface area contributed by atoms with E-state index in [1.165, 1.54) is 15.7 Å². The zero-order chi connectivity index (χ0) is 11.7. The summed E-state index contributed by atoms with van der Waals surface area (Å²) in [5.41, 5.74) is 0. The summed E-state index contributed by atoms with van der Waals surface area (Å²) in [5, 5.41) is 2.53. The van der Waals surface area contributed by atoms with Gasteiger partial charge in [0.15, 0.2) is 0 Å². The molecule has 3 heteroatoms. The standard InChI is InChI=1S/C14H14O2S/c1-2-15-13-9-17-14-11-6-4-3-5-10(11)7-8-12(14)16-13/h3-8,13H,2,9H2,1H3. The van der Waals surface area contributed by atoms with Gasteiger partial charge in [-0.15, -0.1) is 11.8 Å². The number of fused-ring (bicyclic) bond motifs is 3. The molecule has 0 amide bonds. The summed E-state index contributed by atoms with van der Waals surface area (Å²) in [5.74, 6) is 1.80. The molecule has 2 aromatic rings. The maximum atomic E-state index is 5.84. The van der Waals surface area contributed by atoms with E-state index in [0.29, 0.717) is 6.61 Å². The molecule has 3 rings (SSSR count). The highest BCUT2D eigenvalue weighted by Crippen LogP contribution is 2.40. The molecule has 0 spiro atoms. The third-order valence-electron chi connectivity index (χ3n) is 2.82. The first-order valence-electron chi connectivity index (χ1n) is 5.81. The van der Waals surface area contributed by atoms with Gasteiger partial charge in [0.25, 0.3) is 0 Å². The average Bonchev–Trinajstić information content (AvgIpc) is 2.39. The van der Waals surface area contributed by atoms with Crippen molar-refractivity contribution in [2.45, 2.75) is 18.1 Å². The molecule has 88 valence electrons. The number of hydrogen-bond acceptors (Lipinski definition) is 3. The van der Waals surface area contributed by atoms with Crippen molar-refractivity contribution < 1.29 is 9.47 Å². The van der Waals surface area contributed by atoms with Crippen molar-refractivity contribution in [1.82, 2.24) is 0 Å². The highest BCUT2D eigenvalue weighted by Gasteiger charge is 2.21. The van der Waals surface area contributed by atoms with E-state index in [1.807, 2.05) is 24.8 Å². The summed E-state index contributed by atoms with van der Waals surface area (Å²) >= 11 is 1.82. The van der Waals surface area contributed by atoms with Gasteiger partial charge in [0.2, 0.25) is 6.29 Å². The Kier molecular flexibility index (Phi) is 2.95. The molecule has 0 bridgehead atoms. The fourth-order valence-corrected chi connectivity index (χ4v) is 3.13. The van der Waals surface area contributed by atoms with Crippen molar-refractivity contribution in [3.8, 4) is 5.75 Å². The van der Waals surface area contributed by atoms with E-state index in [2.05, 4.69) is 30.3 Å². The van der Waals surface area contributed by atoms with Crippen LogP contribution < -0.4 is 4.74 Å². The molecule has 0 saturated carbocycles. The van der Waals surface area contributed by atoms with Crippen LogP contribution in [0.15, 0.2) is 41.3 Å². The lowest BCUT2D eigenvalue weighted by Gasteiger charge is -2.26. The average molecular weight is 246 g/mol. The maximum absolute atomic E-state index is 5.84. The summed E-state index contributed by atoms with van der Waals surface area (Å²) in [6.45, 7) is 2.68. The molecule has 0 N–H and O–H groups in total. The second-order valence-corrected chi connectivity index (χ2v) is 4.96. The minimum Gasteiger partial charge on any atom is -0.463 e. The number of rotatable bonds is 2. The topological polar surface area (TPSA) is 18.5 Å². The van der Waals surface area contributed by atoms with Gasteiger partial charge in [-0.25, -0.2) is 0 Å². The maximum Gasteiger partial charge on any atom is 0.209 e. The Labute approximate surface area is 105 Å². The van der Waals surface area contributed by atoms with E-state index >= 15 is 0 Å². The van der Waals surface area contributed by atoms with Crippen LogP contribution in [0.4, 0.5) is 0 Å². The van der Waals surface area contributed by atoms with Crippen molar-refractivity contribution in [3.63, 3.8) is 0 Å². The number of ether oxygens (including phenoxy) is 2. The van der Waals surface area contributed by atoms with Crippen LogP contribution in [0.25, 0.3) is 10.8 Å². The molecule has 0 aliphatic carbocycles. The number of benzene rings is 2. The largest absolute Gasteiger partial charge is 0.463 e. The molecule has 0 radical (unpaired) electrons. The molecule has 2 nitrogen and oxygen atoms in total. The van der Waals surface area contributed by atoms with Crippen LogP contribution in [-0.4, -0.2) is 18.6 Å². The van der Waals surface area contributed by atoms with E-state index < -0.39 is 0 Å². The summed E-state index contributed by atoms with van der Waals surface area (Å²) in [6.07, 6.45) is -0.112. The fraction of sp³-hybridized carbons (Fsp3) is 0.286. The molecule has 2 aromatic carbocycles. The second-order valence-electron chi connectivity index (χ2n) is 3.93. The first-order valence-corrected chi connectivity index (χ1v) is 6.80. The summed E-state index contributed by atoms with van der Waals surface area (Å²) in [4.78, 5) is 1.24. The van der Waals surface area contributed by atoms with Crippen LogP contribution in [0, 0.1) is 0 Å². The van der Waals surface area contributed by atoms with Gasteiger partial charge < -0.3 is 9.47 Å². The van der Waals surface area contributed by atoms with Gasteiger partial charge >= 0.3 is 0 Å². The van der Waals surface area contributed by atoms with Crippen LogP contribution in [0.2, 0.25) is 0 Å². The minimum absolute atomic E-state index is 0.112. The lowest BCUT2D eigenvalue weighted by atomic mass is 10.1. The Balaban J connectivity index is 2.02. The van der Waals surface area contributed by atoms with Crippen LogP contribution in [0.1, 0.15) is 6.92 Å². The molecular formula is C14H14O2S. The van der Waals surface area contributed by atoms with Gasteiger partial charge in [0.1, 0.15) is 5.75 Å². The van der Waals surface area contributed by atoms with E-state index in [1.54, 1.807) is 0 Å². The summed E-state index contributed by atoms with van der Waals surface area (Å²) < 4.78 is 11.3. The van der Waals surface area contributed by atoms with Crippen molar-refractivity contribution in [1.29, 1.82) is 0 Å². The molecule has 1 aliphatic rings. The van der Waals surface area contributed by atoms with Gasteiger partial charge in [-0.05, 0) is 23.8 Å². The molecule has 1 atom stereocenters. The van der Waals surface area contributed by atoms with Crippen LogP contribution in [-0.2, 0) is 4.74 Å². The number of hydrogen-bond donors (Lipinski definition) is 0. The molecule has 17 heavy (non-hydrogen) atoms. The van der Waals surface area contributed by atoms with Gasteiger partial charge in [-0.3, -0.25) is 0 Å². The predicted octanol–water partition coefficient (Wildman–Crippen LogP) is 3.69. The molecule has 0 saturated heterocycles. The van der Waals surface area contributed by atoms with Gasteiger partial charge in [0.05, 0.1) is 10.6 Å². The first-order chi connectivity index (χ1) is 8.38. The quantitative estimate of drug-likeness (QED) is 0.805. The van der Waals surface area contributed by atoms with E-state index in [0.717, 1.165) is 11.5 Å². The lowest BCUT2D eigenvalue weighted by Crippen LogP contribution is -2.26. The summed E-state index contributed by atoms with van der Waals surface area (Å²) in [7, 11) is 0. The van der Waals surface area contributed by atoms with Crippen LogP contribution in [0.3, 0.4) is 0 Å². The third kappa shape index (κ3) is 2.01. The van der Waals surface area contributed by atoms with Crippen molar-refractivity contribution in [3.05, 3.63) is 36.4 Å². The zero-order valence-electron chi connectivity index (χ0n) is 9.68. The first kappa shape index (κ1) is 10.9. The minimum atomic E-state index is -0.112. The molecule has 0 aromatic heterocycles. The van der Waals surface area contributed by atoms with Gasteiger partial charge in [-0.1, -0.05) is 30.3 Å². The third-order valence-corrected chi connectivity index (χ3v) is 3.97. The monoisotopic (exact) mass is 246 g/mol. The molecular weight excluding hydrogens is 232 g/mol. The Morgan fingerprint density at radius 1 is 1.29 bits per heavy atom.